The average molecular weight is 256 g/mol. The van der Waals surface area contributed by atoms with Crippen LogP contribution in [-0.4, -0.2) is 48.1 Å². The highest BCUT2D eigenvalue weighted by molar-refractivity contribution is 7.08. The Morgan fingerprint density at radius 1 is 1.53 bits per heavy atom. The number of likely N-dealkylation sites (N-methyl/N-ethyl adjacent to an activating group) is 1. The molecule has 0 aromatic carbocycles. The molecule has 1 rings (SSSR count). The highest BCUT2D eigenvalue weighted by atomic mass is 32.1. The van der Waals surface area contributed by atoms with Gasteiger partial charge in [-0.15, -0.1) is 0 Å². The smallest absolute Gasteiger partial charge is 0.252 e. The third-order valence-corrected chi connectivity index (χ3v) is 2.97. The van der Waals surface area contributed by atoms with Crippen molar-refractivity contribution in [3.63, 3.8) is 0 Å². The minimum atomic E-state index is -0.250. The molecule has 2 amide bonds. The average Bonchev–Trinajstić information content (AvgIpc) is 2.86. The van der Waals surface area contributed by atoms with E-state index in [9.17, 15) is 9.59 Å². The maximum Gasteiger partial charge on any atom is 0.252 e. The van der Waals surface area contributed by atoms with E-state index in [1.807, 2.05) is 6.92 Å². The van der Waals surface area contributed by atoms with Crippen LogP contribution in [0.2, 0.25) is 0 Å². The summed E-state index contributed by atoms with van der Waals surface area (Å²) in [6, 6.07) is 1.70. The molecule has 0 saturated heterocycles. The first kappa shape index (κ1) is 13.7. The highest BCUT2D eigenvalue weighted by Gasteiger charge is 2.13. The van der Waals surface area contributed by atoms with Gasteiger partial charge in [-0.3, -0.25) is 9.59 Å². The van der Waals surface area contributed by atoms with Crippen LogP contribution >= 0.6 is 11.3 Å². The number of nitrogens with one attached hydrogen (secondary N) is 1. The number of carbonyl (C=O) groups is 2. The van der Waals surface area contributed by atoms with Crippen LogP contribution in [0.4, 0.5) is 0 Å². The zero-order chi connectivity index (χ0) is 12.7. The summed E-state index contributed by atoms with van der Waals surface area (Å²) in [6.45, 7) is 2.53. The normalized spacial score (nSPS) is 10.0. The Kier molecular flexibility index (Phi) is 5.65. The molecule has 0 aliphatic carbocycles. The molecule has 0 unspecified atom stereocenters. The molecule has 0 aliphatic heterocycles. The number of amides is 2. The van der Waals surface area contributed by atoms with Crippen molar-refractivity contribution in [1.29, 1.82) is 0 Å². The van der Waals surface area contributed by atoms with Gasteiger partial charge in [0.1, 0.15) is 0 Å². The molecule has 5 nitrogen and oxygen atoms in total. The SMILES string of the molecule is CCN(CCO)C(=O)CNC(=O)c1ccsc1. The molecule has 1 aromatic heterocycles. The Morgan fingerprint density at radius 3 is 2.82 bits per heavy atom. The molecular formula is C11H16N2O3S. The van der Waals surface area contributed by atoms with Crippen LogP contribution in [0.15, 0.2) is 16.8 Å². The monoisotopic (exact) mass is 256 g/mol. The van der Waals surface area contributed by atoms with Gasteiger partial charge in [-0.1, -0.05) is 0 Å². The third-order valence-electron chi connectivity index (χ3n) is 2.29. The quantitative estimate of drug-likeness (QED) is 0.770. The Morgan fingerprint density at radius 2 is 2.29 bits per heavy atom. The van der Waals surface area contributed by atoms with E-state index in [0.29, 0.717) is 18.7 Å². The fourth-order valence-corrected chi connectivity index (χ4v) is 1.98. The Labute approximate surface area is 104 Å². The molecule has 0 spiro atoms. The van der Waals surface area contributed by atoms with E-state index in [0.717, 1.165) is 0 Å². The molecule has 0 fully saturated rings. The molecule has 6 heteroatoms. The summed E-state index contributed by atoms with van der Waals surface area (Å²) in [7, 11) is 0. The molecule has 0 aliphatic rings. The molecule has 17 heavy (non-hydrogen) atoms. The van der Waals surface area contributed by atoms with Gasteiger partial charge < -0.3 is 15.3 Å². The lowest BCUT2D eigenvalue weighted by Gasteiger charge is -2.19. The van der Waals surface area contributed by atoms with E-state index >= 15 is 0 Å². The van der Waals surface area contributed by atoms with Crippen LogP contribution in [0.1, 0.15) is 17.3 Å². The summed E-state index contributed by atoms with van der Waals surface area (Å²) < 4.78 is 0. The largest absolute Gasteiger partial charge is 0.395 e. The van der Waals surface area contributed by atoms with E-state index in [4.69, 9.17) is 5.11 Å². The van der Waals surface area contributed by atoms with Gasteiger partial charge in [-0.25, -0.2) is 0 Å². The number of aliphatic hydroxyl groups is 1. The first-order chi connectivity index (χ1) is 8.19. The topological polar surface area (TPSA) is 69.6 Å². The van der Waals surface area contributed by atoms with Crippen LogP contribution in [0.3, 0.4) is 0 Å². The number of carbonyl (C=O) groups excluding carboxylic acids is 2. The van der Waals surface area contributed by atoms with Gasteiger partial charge in [0.15, 0.2) is 0 Å². The van der Waals surface area contributed by atoms with Crippen LogP contribution in [0.25, 0.3) is 0 Å². The lowest BCUT2D eigenvalue weighted by Crippen LogP contribution is -2.41. The molecule has 0 saturated carbocycles. The molecule has 0 atom stereocenters. The van der Waals surface area contributed by atoms with E-state index in [1.54, 1.807) is 16.8 Å². The fraction of sp³-hybridized carbons (Fsp3) is 0.455. The van der Waals surface area contributed by atoms with Crippen LogP contribution in [-0.2, 0) is 4.79 Å². The summed E-state index contributed by atoms with van der Waals surface area (Å²) in [6.07, 6.45) is 0. The van der Waals surface area contributed by atoms with E-state index in [1.165, 1.54) is 16.2 Å². The molecule has 0 radical (unpaired) electrons. The summed E-state index contributed by atoms with van der Waals surface area (Å²) in [5.74, 6) is -0.440. The number of thiophene rings is 1. The van der Waals surface area contributed by atoms with Gasteiger partial charge in [-0.05, 0) is 18.4 Å². The summed E-state index contributed by atoms with van der Waals surface area (Å²) in [5.41, 5.74) is 0.563. The van der Waals surface area contributed by atoms with Crippen molar-refractivity contribution in [2.45, 2.75) is 6.92 Å². The van der Waals surface area contributed by atoms with Crippen molar-refractivity contribution in [3.05, 3.63) is 22.4 Å². The van der Waals surface area contributed by atoms with Gasteiger partial charge in [-0.2, -0.15) is 11.3 Å². The molecular weight excluding hydrogens is 240 g/mol. The minimum absolute atomic E-state index is 0.0392. The summed E-state index contributed by atoms with van der Waals surface area (Å²) >= 11 is 1.43. The zero-order valence-electron chi connectivity index (χ0n) is 9.68. The molecule has 1 aromatic rings. The second-order valence-corrected chi connectivity index (χ2v) is 4.17. The van der Waals surface area contributed by atoms with Crippen LogP contribution in [0, 0.1) is 0 Å². The van der Waals surface area contributed by atoms with Crippen molar-refractivity contribution >= 4 is 23.2 Å². The molecule has 94 valence electrons. The third kappa shape index (κ3) is 4.16. The van der Waals surface area contributed by atoms with Gasteiger partial charge in [0.25, 0.3) is 5.91 Å². The first-order valence-corrected chi connectivity index (χ1v) is 6.32. The van der Waals surface area contributed by atoms with Gasteiger partial charge >= 0.3 is 0 Å². The van der Waals surface area contributed by atoms with Crippen LogP contribution in [0.5, 0.6) is 0 Å². The number of aliphatic hydroxyl groups excluding tert-OH is 1. The predicted octanol–water partition coefficient (Wildman–Crippen LogP) is 0.319. The number of hydrogen-bond donors (Lipinski definition) is 2. The van der Waals surface area contributed by atoms with Crippen molar-refractivity contribution in [2.75, 3.05) is 26.2 Å². The summed E-state index contributed by atoms with van der Waals surface area (Å²) in [4.78, 5) is 24.7. The maximum absolute atomic E-state index is 11.6. The lowest BCUT2D eigenvalue weighted by atomic mass is 10.3. The Balaban J connectivity index is 2.39. The van der Waals surface area contributed by atoms with Gasteiger partial charge in [0, 0.05) is 24.0 Å². The minimum Gasteiger partial charge on any atom is -0.395 e. The van der Waals surface area contributed by atoms with E-state index in [-0.39, 0.29) is 25.0 Å². The van der Waals surface area contributed by atoms with Crippen molar-refractivity contribution in [2.24, 2.45) is 0 Å². The van der Waals surface area contributed by atoms with Crippen LogP contribution < -0.4 is 5.32 Å². The molecule has 0 bridgehead atoms. The summed E-state index contributed by atoms with van der Waals surface area (Å²) in [5, 5.41) is 14.9. The molecule has 1 heterocycles. The standard InChI is InChI=1S/C11H16N2O3S/c1-2-13(4-5-14)10(15)7-12-11(16)9-3-6-17-8-9/h3,6,8,14H,2,4-5,7H2,1H3,(H,12,16). The highest BCUT2D eigenvalue weighted by Crippen LogP contribution is 2.05. The second-order valence-electron chi connectivity index (χ2n) is 3.39. The number of nitrogens with zero attached hydrogens (tertiary/aromatic N) is 1. The van der Waals surface area contributed by atoms with Crippen molar-refractivity contribution in [1.82, 2.24) is 10.2 Å². The van der Waals surface area contributed by atoms with Crippen molar-refractivity contribution in [3.8, 4) is 0 Å². The van der Waals surface area contributed by atoms with E-state index in [2.05, 4.69) is 5.32 Å². The Hall–Kier alpha value is -1.40. The lowest BCUT2D eigenvalue weighted by molar-refractivity contribution is -0.130. The zero-order valence-corrected chi connectivity index (χ0v) is 10.5. The fourth-order valence-electron chi connectivity index (χ4n) is 1.34. The second kappa shape index (κ2) is 7.03. The first-order valence-electron chi connectivity index (χ1n) is 5.38. The van der Waals surface area contributed by atoms with Gasteiger partial charge in [0.2, 0.25) is 5.91 Å². The Bertz CT molecular complexity index is 365. The predicted molar refractivity (Wildman–Crippen MR) is 66.0 cm³/mol. The number of rotatable bonds is 6. The number of hydrogen-bond acceptors (Lipinski definition) is 4. The van der Waals surface area contributed by atoms with Gasteiger partial charge in [0.05, 0.1) is 13.2 Å². The maximum atomic E-state index is 11.6. The van der Waals surface area contributed by atoms with E-state index < -0.39 is 0 Å². The van der Waals surface area contributed by atoms with Crippen molar-refractivity contribution < 1.29 is 14.7 Å². The molecule has 2 N–H and O–H groups in total.